The fraction of sp³-hybridized carbons (Fsp3) is 0.143. The maximum Gasteiger partial charge on any atom is 0.189 e. The summed E-state index contributed by atoms with van der Waals surface area (Å²) in [6.07, 6.45) is 3.43. The summed E-state index contributed by atoms with van der Waals surface area (Å²) in [5, 5.41) is 1.90. The molecule has 0 radical (unpaired) electrons. The van der Waals surface area contributed by atoms with Crippen molar-refractivity contribution in [2.24, 2.45) is 0 Å². The van der Waals surface area contributed by atoms with Gasteiger partial charge in [-0.25, -0.2) is 15.0 Å². The Morgan fingerprint density at radius 2 is 2.27 bits per heavy atom. The first-order chi connectivity index (χ1) is 7.28. The van der Waals surface area contributed by atoms with E-state index in [0.717, 1.165) is 9.37 Å². The Morgan fingerprint density at radius 3 is 2.93 bits per heavy atom. The molecule has 0 spiro atoms. The van der Waals surface area contributed by atoms with Crippen molar-refractivity contribution in [1.82, 2.24) is 19.3 Å². The van der Waals surface area contributed by atoms with Crippen LogP contribution in [0.1, 0.15) is 0 Å². The molecular formula is C7H5ClN4S3. The van der Waals surface area contributed by atoms with Gasteiger partial charge in [0.25, 0.3) is 0 Å². The van der Waals surface area contributed by atoms with E-state index in [-0.39, 0.29) is 0 Å². The normalized spacial score (nSPS) is 10.5. The summed E-state index contributed by atoms with van der Waals surface area (Å²) in [4.78, 5) is 12.4. The molecule has 0 saturated carbocycles. The van der Waals surface area contributed by atoms with E-state index in [0.29, 0.717) is 10.3 Å². The zero-order valence-corrected chi connectivity index (χ0v) is 10.8. The third-order valence-electron chi connectivity index (χ3n) is 1.37. The van der Waals surface area contributed by atoms with Gasteiger partial charge in [0, 0.05) is 6.07 Å². The Morgan fingerprint density at radius 1 is 1.40 bits per heavy atom. The number of hydrogen-bond donors (Lipinski definition) is 0. The van der Waals surface area contributed by atoms with Crippen LogP contribution >= 0.6 is 46.7 Å². The van der Waals surface area contributed by atoms with Crippen LogP contribution in [0, 0.1) is 0 Å². The molecule has 0 fully saturated rings. The first-order valence-electron chi connectivity index (χ1n) is 3.81. The molecule has 2 heterocycles. The van der Waals surface area contributed by atoms with E-state index < -0.39 is 0 Å². The highest BCUT2D eigenvalue weighted by molar-refractivity contribution is 8.01. The van der Waals surface area contributed by atoms with Crippen LogP contribution in [0.2, 0.25) is 5.15 Å². The molecule has 0 aliphatic carbocycles. The highest BCUT2D eigenvalue weighted by atomic mass is 35.5. The average molecular weight is 277 g/mol. The Labute approximate surface area is 104 Å². The molecule has 0 aliphatic heterocycles. The quantitative estimate of drug-likeness (QED) is 0.488. The summed E-state index contributed by atoms with van der Waals surface area (Å²) in [6, 6.07) is 1.72. The Kier molecular flexibility index (Phi) is 3.79. The largest absolute Gasteiger partial charge is 0.216 e. The van der Waals surface area contributed by atoms with Gasteiger partial charge >= 0.3 is 0 Å². The summed E-state index contributed by atoms with van der Waals surface area (Å²) in [7, 11) is 0. The van der Waals surface area contributed by atoms with E-state index >= 15 is 0 Å². The van der Waals surface area contributed by atoms with Crippen LogP contribution in [-0.2, 0) is 0 Å². The van der Waals surface area contributed by atoms with E-state index in [4.69, 9.17) is 11.6 Å². The minimum absolute atomic E-state index is 0.446. The molecule has 2 aromatic heterocycles. The van der Waals surface area contributed by atoms with Crippen LogP contribution in [0.15, 0.2) is 26.9 Å². The lowest BCUT2D eigenvalue weighted by molar-refractivity contribution is 0.894. The van der Waals surface area contributed by atoms with E-state index in [1.807, 2.05) is 6.26 Å². The SMILES string of the molecule is CSc1nc(Cl)cc(Sc2ncns2)n1. The summed E-state index contributed by atoms with van der Waals surface area (Å²) in [5.74, 6) is 0. The fourth-order valence-electron chi connectivity index (χ4n) is 0.818. The topological polar surface area (TPSA) is 51.6 Å². The summed E-state index contributed by atoms with van der Waals surface area (Å²) >= 11 is 10.1. The average Bonchev–Trinajstić information content (AvgIpc) is 2.69. The van der Waals surface area contributed by atoms with E-state index in [2.05, 4.69) is 19.3 Å². The fourth-order valence-corrected chi connectivity index (χ4v) is 2.95. The first kappa shape index (κ1) is 11.1. The van der Waals surface area contributed by atoms with Crippen molar-refractivity contribution in [3.63, 3.8) is 0 Å². The van der Waals surface area contributed by atoms with Crippen molar-refractivity contribution in [3.05, 3.63) is 17.5 Å². The van der Waals surface area contributed by atoms with Gasteiger partial charge in [0.2, 0.25) is 0 Å². The lowest BCUT2D eigenvalue weighted by Gasteiger charge is -1.99. The summed E-state index contributed by atoms with van der Waals surface area (Å²) < 4.78 is 4.76. The minimum atomic E-state index is 0.446. The maximum absolute atomic E-state index is 5.86. The highest BCUT2D eigenvalue weighted by Crippen LogP contribution is 2.28. The molecule has 2 aromatic rings. The van der Waals surface area contributed by atoms with Crippen molar-refractivity contribution in [1.29, 1.82) is 0 Å². The molecule has 15 heavy (non-hydrogen) atoms. The van der Waals surface area contributed by atoms with Gasteiger partial charge in [-0.3, -0.25) is 0 Å². The third-order valence-corrected chi connectivity index (χ3v) is 3.74. The van der Waals surface area contributed by atoms with E-state index in [1.165, 1.54) is 41.4 Å². The molecule has 0 aromatic carbocycles. The monoisotopic (exact) mass is 276 g/mol. The molecule has 0 amide bonds. The zero-order valence-electron chi connectivity index (χ0n) is 7.55. The zero-order chi connectivity index (χ0) is 10.7. The smallest absolute Gasteiger partial charge is 0.189 e. The number of thioether (sulfide) groups is 1. The van der Waals surface area contributed by atoms with E-state index in [9.17, 15) is 0 Å². The van der Waals surface area contributed by atoms with Crippen LogP contribution in [0.5, 0.6) is 0 Å². The molecular weight excluding hydrogens is 272 g/mol. The standard InChI is InChI=1S/C7H5ClN4S3/c1-13-6-11-4(8)2-5(12-6)14-7-9-3-10-15-7/h2-3H,1H3. The Balaban J connectivity index is 2.24. The Bertz CT molecular complexity index is 448. The van der Waals surface area contributed by atoms with Crippen LogP contribution < -0.4 is 0 Å². The second-order valence-corrected chi connectivity index (χ2v) is 5.53. The highest BCUT2D eigenvalue weighted by Gasteiger charge is 2.06. The predicted molar refractivity (Wildman–Crippen MR) is 62.9 cm³/mol. The van der Waals surface area contributed by atoms with Crippen LogP contribution in [-0.4, -0.2) is 25.6 Å². The molecule has 0 atom stereocenters. The van der Waals surface area contributed by atoms with Crippen molar-refractivity contribution >= 4 is 46.7 Å². The van der Waals surface area contributed by atoms with Gasteiger partial charge in [0.1, 0.15) is 16.5 Å². The number of hydrogen-bond acceptors (Lipinski definition) is 7. The van der Waals surface area contributed by atoms with Gasteiger partial charge < -0.3 is 0 Å². The van der Waals surface area contributed by atoms with Crippen molar-refractivity contribution < 1.29 is 0 Å². The molecule has 4 nitrogen and oxygen atoms in total. The summed E-state index contributed by atoms with van der Waals surface area (Å²) in [5.41, 5.74) is 0. The van der Waals surface area contributed by atoms with Gasteiger partial charge in [0.05, 0.1) is 0 Å². The molecule has 2 rings (SSSR count). The minimum Gasteiger partial charge on any atom is -0.216 e. The van der Waals surface area contributed by atoms with Gasteiger partial charge in [-0.1, -0.05) is 23.4 Å². The Hall–Kier alpha value is -0.370. The van der Waals surface area contributed by atoms with Crippen molar-refractivity contribution in [3.8, 4) is 0 Å². The van der Waals surface area contributed by atoms with Gasteiger partial charge in [-0.2, -0.15) is 4.37 Å². The van der Waals surface area contributed by atoms with Gasteiger partial charge in [-0.15, -0.1) is 0 Å². The van der Waals surface area contributed by atoms with Gasteiger partial charge in [0.15, 0.2) is 9.50 Å². The second-order valence-electron chi connectivity index (χ2n) is 2.32. The third kappa shape index (κ3) is 3.04. The number of halogens is 1. The van der Waals surface area contributed by atoms with E-state index in [1.54, 1.807) is 6.07 Å². The second kappa shape index (κ2) is 5.11. The lowest BCUT2D eigenvalue weighted by Crippen LogP contribution is -1.88. The van der Waals surface area contributed by atoms with Crippen LogP contribution in [0.4, 0.5) is 0 Å². The van der Waals surface area contributed by atoms with Crippen molar-refractivity contribution in [2.45, 2.75) is 14.5 Å². The molecule has 0 bridgehead atoms. The molecule has 0 N–H and O–H groups in total. The molecule has 8 heteroatoms. The van der Waals surface area contributed by atoms with Crippen LogP contribution in [0.25, 0.3) is 0 Å². The lowest BCUT2D eigenvalue weighted by atomic mass is 10.7. The first-order valence-corrected chi connectivity index (χ1v) is 7.00. The number of nitrogens with zero attached hydrogens (tertiary/aromatic N) is 4. The van der Waals surface area contributed by atoms with Crippen molar-refractivity contribution in [2.75, 3.05) is 6.26 Å². The maximum atomic E-state index is 5.86. The molecule has 0 saturated heterocycles. The summed E-state index contributed by atoms with van der Waals surface area (Å²) in [6.45, 7) is 0. The van der Waals surface area contributed by atoms with Gasteiger partial charge in [-0.05, 0) is 29.6 Å². The van der Waals surface area contributed by atoms with Crippen LogP contribution in [0.3, 0.4) is 0 Å². The molecule has 78 valence electrons. The number of aromatic nitrogens is 4. The molecule has 0 unspecified atom stereocenters. The predicted octanol–water partition coefficient (Wildman–Crippen LogP) is 2.85. The molecule has 0 aliphatic rings. The number of rotatable bonds is 3.